The lowest BCUT2D eigenvalue weighted by atomic mass is 10.0. The molecule has 0 aromatic heterocycles. The maximum Gasteiger partial charge on any atom is 0.341 e. The van der Waals surface area contributed by atoms with Gasteiger partial charge in [-0.3, -0.25) is 0 Å². The van der Waals surface area contributed by atoms with Crippen LogP contribution in [0.25, 0.3) is 0 Å². The number of halogens is 2. The number of rotatable bonds is 3. The molecule has 1 aromatic carbocycles. The fourth-order valence-electron chi connectivity index (χ4n) is 1.15. The van der Waals surface area contributed by atoms with Gasteiger partial charge in [-0.1, -0.05) is 0 Å². The average molecular weight is 231 g/mol. The summed E-state index contributed by atoms with van der Waals surface area (Å²) in [7, 11) is 1.09. The normalized spacial score (nSPS) is 11.2. The van der Waals surface area contributed by atoms with Crippen molar-refractivity contribution in [2.45, 2.75) is 5.92 Å². The zero-order chi connectivity index (χ0) is 12.3. The zero-order valence-corrected chi connectivity index (χ0v) is 8.54. The summed E-state index contributed by atoms with van der Waals surface area (Å²) in [6.45, 7) is -0.877. The molecule has 0 bridgehead atoms. The number of hydrogen-bond donors (Lipinski definition) is 2. The molecule has 0 aliphatic carbocycles. The predicted molar refractivity (Wildman–Crippen MR) is 52.4 cm³/mol. The maximum absolute atomic E-state index is 13.2. The average Bonchev–Trinajstić information content (AvgIpc) is 2.28. The number of methoxy groups -OCH3 is 1. The minimum atomic E-state index is -3.24. The summed E-state index contributed by atoms with van der Waals surface area (Å²) in [4.78, 5) is 11.1. The Labute approximate surface area is 90.6 Å². The van der Waals surface area contributed by atoms with Gasteiger partial charge < -0.3 is 15.6 Å². The Morgan fingerprint density at radius 2 is 2.19 bits per heavy atom. The van der Waals surface area contributed by atoms with E-state index in [-0.39, 0.29) is 5.56 Å². The zero-order valence-electron chi connectivity index (χ0n) is 8.54. The third-order valence-corrected chi connectivity index (χ3v) is 2.08. The molecule has 0 spiro atoms. The number of phenols is 1. The molecule has 0 atom stereocenters. The number of carbonyl (C=O) groups excluding carboxylic acids is 1. The van der Waals surface area contributed by atoms with Crippen LogP contribution < -0.4 is 5.73 Å². The van der Waals surface area contributed by atoms with Crippen LogP contribution in [0, 0.1) is 0 Å². The van der Waals surface area contributed by atoms with Crippen molar-refractivity contribution < 1.29 is 23.4 Å². The molecule has 0 fully saturated rings. The van der Waals surface area contributed by atoms with Gasteiger partial charge in [0.15, 0.2) is 0 Å². The van der Waals surface area contributed by atoms with E-state index >= 15 is 0 Å². The predicted octanol–water partition coefficient (Wildman–Crippen LogP) is 1.23. The highest BCUT2D eigenvalue weighted by atomic mass is 19.3. The lowest BCUT2D eigenvalue weighted by molar-refractivity contribution is 0.00583. The van der Waals surface area contributed by atoms with Gasteiger partial charge in [-0.15, -0.1) is 0 Å². The topological polar surface area (TPSA) is 72.5 Å². The van der Waals surface area contributed by atoms with E-state index in [0.717, 1.165) is 25.3 Å². The fourth-order valence-corrected chi connectivity index (χ4v) is 1.15. The molecule has 3 N–H and O–H groups in total. The highest BCUT2D eigenvalue weighted by molar-refractivity contribution is 5.92. The van der Waals surface area contributed by atoms with Gasteiger partial charge >= 0.3 is 5.97 Å². The van der Waals surface area contributed by atoms with Crippen LogP contribution in [0.3, 0.4) is 0 Å². The Morgan fingerprint density at radius 1 is 1.56 bits per heavy atom. The summed E-state index contributed by atoms with van der Waals surface area (Å²) >= 11 is 0. The smallest absolute Gasteiger partial charge is 0.341 e. The van der Waals surface area contributed by atoms with Gasteiger partial charge in [-0.25, -0.2) is 4.79 Å². The summed E-state index contributed by atoms with van der Waals surface area (Å²) in [6, 6.07) is 2.88. The fraction of sp³-hybridized carbons (Fsp3) is 0.300. The summed E-state index contributed by atoms with van der Waals surface area (Å²) in [5.74, 6) is -4.54. The van der Waals surface area contributed by atoms with Crippen molar-refractivity contribution in [2.24, 2.45) is 5.73 Å². The van der Waals surface area contributed by atoms with Gasteiger partial charge in [0.25, 0.3) is 5.92 Å². The number of alkyl halides is 2. The molecular formula is C10H11F2NO3. The number of nitrogens with two attached hydrogens (primary N) is 1. The summed E-state index contributed by atoms with van der Waals surface area (Å²) < 4.78 is 30.8. The first-order valence-electron chi connectivity index (χ1n) is 4.42. The summed E-state index contributed by atoms with van der Waals surface area (Å²) in [5.41, 5.74) is 4.16. The van der Waals surface area contributed by atoms with Gasteiger partial charge in [0.2, 0.25) is 0 Å². The molecule has 88 valence electrons. The Morgan fingerprint density at radius 3 is 2.69 bits per heavy atom. The molecular weight excluding hydrogens is 220 g/mol. The quantitative estimate of drug-likeness (QED) is 0.767. The molecule has 1 rings (SSSR count). The number of benzene rings is 1. The van der Waals surface area contributed by atoms with Gasteiger partial charge in [-0.2, -0.15) is 8.78 Å². The molecule has 0 aliphatic heterocycles. The van der Waals surface area contributed by atoms with Crippen molar-refractivity contribution in [1.82, 2.24) is 0 Å². The molecule has 0 amide bonds. The first kappa shape index (κ1) is 12.4. The maximum atomic E-state index is 13.2. The number of ether oxygens (including phenoxy) is 1. The van der Waals surface area contributed by atoms with Crippen LogP contribution in [0.5, 0.6) is 5.75 Å². The van der Waals surface area contributed by atoms with E-state index < -0.39 is 29.7 Å². The third kappa shape index (κ3) is 2.27. The van der Waals surface area contributed by atoms with Crippen LogP contribution in [0.2, 0.25) is 0 Å². The highest BCUT2D eigenvalue weighted by Crippen LogP contribution is 2.30. The van der Waals surface area contributed by atoms with Crippen molar-refractivity contribution in [1.29, 1.82) is 0 Å². The lowest BCUT2D eigenvalue weighted by Crippen LogP contribution is -2.25. The van der Waals surface area contributed by atoms with Gasteiger partial charge in [0, 0.05) is 5.56 Å². The number of hydrogen-bond acceptors (Lipinski definition) is 4. The van der Waals surface area contributed by atoms with Gasteiger partial charge in [-0.05, 0) is 18.2 Å². The second kappa shape index (κ2) is 4.44. The molecule has 0 radical (unpaired) electrons. The van der Waals surface area contributed by atoms with E-state index in [2.05, 4.69) is 4.74 Å². The van der Waals surface area contributed by atoms with E-state index in [9.17, 15) is 18.7 Å². The van der Waals surface area contributed by atoms with E-state index in [4.69, 9.17) is 5.73 Å². The second-order valence-corrected chi connectivity index (χ2v) is 3.13. The SMILES string of the molecule is COC(=O)c1cc(C(F)(F)CN)ccc1O. The van der Waals surface area contributed by atoms with Crippen molar-refractivity contribution in [2.75, 3.05) is 13.7 Å². The highest BCUT2D eigenvalue weighted by Gasteiger charge is 2.31. The van der Waals surface area contributed by atoms with Crippen LogP contribution >= 0.6 is 0 Å². The van der Waals surface area contributed by atoms with Crippen molar-refractivity contribution in [3.8, 4) is 5.75 Å². The van der Waals surface area contributed by atoms with E-state index in [1.54, 1.807) is 0 Å². The number of esters is 1. The molecule has 0 heterocycles. The summed E-state index contributed by atoms with van der Waals surface area (Å²) in [5, 5.41) is 9.30. The minimum Gasteiger partial charge on any atom is -0.507 e. The van der Waals surface area contributed by atoms with E-state index in [0.29, 0.717) is 0 Å². The molecule has 4 nitrogen and oxygen atoms in total. The largest absolute Gasteiger partial charge is 0.507 e. The summed E-state index contributed by atoms with van der Waals surface area (Å²) in [6.07, 6.45) is 0. The molecule has 0 saturated heterocycles. The first-order valence-corrected chi connectivity index (χ1v) is 4.42. The first-order chi connectivity index (χ1) is 7.42. The Bertz CT molecular complexity index is 407. The van der Waals surface area contributed by atoms with Crippen LogP contribution in [0.4, 0.5) is 8.78 Å². The Hall–Kier alpha value is -1.69. The standard InChI is InChI=1S/C10H11F2NO3/c1-16-9(15)7-4-6(2-3-8(7)14)10(11,12)5-13/h2-4,14H,5,13H2,1H3. The molecule has 1 aromatic rings. The van der Waals surface area contributed by atoms with Crippen molar-refractivity contribution in [3.63, 3.8) is 0 Å². The number of aromatic hydroxyl groups is 1. The molecule has 6 heteroatoms. The van der Waals surface area contributed by atoms with Crippen LogP contribution in [-0.2, 0) is 10.7 Å². The van der Waals surface area contributed by atoms with Gasteiger partial charge in [0.1, 0.15) is 11.3 Å². The monoisotopic (exact) mass is 231 g/mol. The Balaban J connectivity index is 3.22. The molecule has 0 aliphatic rings. The third-order valence-electron chi connectivity index (χ3n) is 2.08. The van der Waals surface area contributed by atoms with E-state index in [1.807, 2.05) is 0 Å². The molecule has 16 heavy (non-hydrogen) atoms. The van der Waals surface area contributed by atoms with Crippen molar-refractivity contribution >= 4 is 5.97 Å². The minimum absolute atomic E-state index is 0.312. The molecule has 0 unspecified atom stereocenters. The van der Waals surface area contributed by atoms with Crippen LogP contribution in [0.15, 0.2) is 18.2 Å². The van der Waals surface area contributed by atoms with E-state index in [1.165, 1.54) is 0 Å². The number of carbonyl (C=O) groups is 1. The lowest BCUT2D eigenvalue weighted by Gasteiger charge is -2.15. The van der Waals surface area contributed by atoms with Crippen LogP contribution in [-0.4, -0.2) is 24.7 Å². The van der Waals surface area contributed by atoms with Gasteiger partial charge in [0.05, 0.1) is 13.7 Å². The van der Waals surface area contributed by atoms with Crippen molar-refractivity contribution in [3.05, 3.63) is 29.3 Å². The Kier molecular flexibility index (Phi) is 3.44. The second-order valence-electron chi connectivity index (χ2n) is 3.13. The number of phenolic OH excluding ortho intramolecular Hbond substituents is 1. The van der Waals surface area contributed by atoms with Crippen LogP contribution in [0.1, 0.15) is 15.9 Å². The molecule has 0 saturated carbocycles.